The second-order valence-electron chi connectivity index (χ2n) is 4.17. The molecule has 98 valence electrons. The van der Waals surface area contributed by atoms with E-state index in [9.17, 15) is 8.78 Å². The fourth-order valence-corrected chi connectivity index (χ4v) is 2.88. The van der Waals surface area contributed by atoms with E-state index in [0.29, 0.717) is 24.2 Å². The van der Waals surface area contributed by atoms with E-state index in [2.05, 4.69) is 4.98 Å². The molecule has 2 aromatic heterocycles. The highest BCUT2D eigenvalue weighted by Gasteiger charge is 2.13. The predicted octanol–water partition coefficient (Wildman–Crippen LogP) is 2.84. The maximum Gasteiger partial charge on any atom is 0.194 e. The van der Waals surface area contributed by atoms with E-state index in [4.69, 9.17) is 5.73 Å². The van der Waals surface area contributed by atoms with Gasteiger partial charge in [-0.15, -0.1) is 11.3 Å². The average molecular weight is 279 g/mol. The van der Waals surface area contributed by atoms with Crippen LogP contribution in [0.4, 0.5) is 8.78 Å². The van der Waals surface area contributed by atoms with Crippen molar-refractivity contribution >= 4 is 16.3 Å². The van der Waals surface area contributed by atoms with E-state index in [1.54, 1.807) is 0 Å². The normalized spacial score (nSPS) is 11.3. The monoisotopic (exact) mass is 279 g/mol. The number of fused-ring (bicyclic) bond motifs is 1. The molecule has 2 N–H and O–H groups in total. The van der Waals surface area contributed by atoms with E-state index in [-0.39, 0.29) is 0 Å². The molecule has 0 atom stereocenters. The Hall–Kier alpha value is -1.79. The van der Waals surface area contributed by atoms with Gasteiger partial charge in [0.25, 0.3) is 0 Å². The van der Waals surface area contributed by atoms with Crippen LogP contribution in [0.1, 0.15) is 5.69 Å². The number of halogens is 2. The summed E-state index contributed by atoms with van der Waals surface area (Å²) in [6, 6.07) is 3.57. The Morgan fingerprint density at radius 1 is 1.32 bits per heavy atom. The van der Waals surface area contributed by atoms with Crippen LogP contribution in [0.2, 0.25) is 0 Å². The van der Waals surface area contributed by atoms with Crippen LogP contribution >= 0.6 is 11.3 Å². The average Bonchev–Trinajstić information content (AvgIpc) is 2.90. The fraction of sp³-hybridized carbons (Fsp3) is 0.154. The summed E-state index contributed by atoms with van der Waals surface area (Å²) in [6.07, 6.45) is 2.52. The van der Waals surface area contributed by atoms with E-state index in [1.165, 1.54) is 23.5 Å². The zero-order chi connectivity index (χ0) is 13.4. The van der Waals surface area contributed by atoms with Crippen LogP contribution in [0.15, 0.2) is 29.8 Å². The lowest BCUT2D eigenvalue weighted by atomic mass is 10.1. The van der Waals surface area contributed by atoms with Gasteiger partial charge in [0.2, 0.25) is 0 Å². The van der Waals surface area contributed by atoms with E-state index in [0.717, 1.165) is 16.7 Å². The van der Waals surface area contributed by atoms with Crippen molar-refractivity contribution in [3.8, 4) is 11.3 Å². The molecule has 2 heterocycles. The second kappa shape index (κ2) is 4.71. The van der Waals surface area contributed by atoms with Crippen molar-refractivity contribution in [3.05, 3.63) is 47.1 Å². The molecule has 1 aromatic carbocycles. The number of benzene rings is 1. The van der Waals surface area contributed by atoms with Gasteiger partial charge in [0.05, 0.1) is 11.4 Å². The Morgan fingerprint density at radius 3 is 2.89 bits per heavy atom. The number of nitrogens with two attached hydrogens (primary N) is 1. The Balaban J connectivity index is 2.13. The van der Waals surface area contributed by atoms with Crippen LogP contribution in [-0.4, -0.2) is 15.9 Å². The summed E-state index contributed by atoms with van der Waals surface area (Å²) in [5.41, 5.74) is 7.41. The molecule has 0 bridgehead atoms. The summed E-state index contributed by atoms with van der Waals surface area (Å²) in [4.78, 5) is 5.18. The van der Waals surface area contributed by atoms with Gasteiger partial charge in [-0.2, -0.15) is 0 Å². The molecule has 0 aliphatic heterocycles. The third kappa shape index (κ3) is 2.13. The van der Waals surface area contributed by atoms with E-state index >= 15 is 0 Å². The summed E-state index contributed by atoms with van der Waals surface area (Å²) in [6.45, 7) is 0.519. The molecule has 3 nitrogen and oxygen atoms in total. The van der Waals surface area contributed by atoms with Gasteiger partial charge >= 0.3 is 0 Å². The number of hydrogen-bond acceptors (Lipinski definition) is 3. The molecule has 0 radical (unpaired) electrons. The Kier molecular flexibility index (Phi) is 3.04. The number of rotatable bonds is 3. The van der Waals surface area contributed by atoms with Crippen molar-refractivity contribution in [2.75, 3.05) is 6.54 Å². The molecule has 0 aliphatic carbocycles. The van der Waals surface area contributed by atoms with Crippen LogP contribution in [0.25, 0.3) is 16.2 Å². The van der Waals surface area contributed by atoms with Gasteiger partial charge in [-0.05, 0) is 18.7 Å². The third-order valence-electron chi connectivity index (χ3n) is 2.87. The summed E-state index contributed by atoms with van der Waals surface area (Å²) in [7, 11) is 0. The molecule has 0 amide bonds. The number of aromatic nitrogens is 2. The zero-order valence-corrected chi connectivity index (χ0v) is 10.8. The van der Waals surface area contributed by atoms with Crippen molar-refractivity contribution in [1.82, 2.24) is 9.38 Å². The highest BCUT2D eigenvalue weighted by Crippen LogP contribution is 2.28. The molecule has 6 heteroatoms. The molecule has 0 fully saturated rings. The summed E-state index contributed by atoms with van der Waals surface area (Å²) >= 11 is 1.42. The second-order valence-corrected chi connectivity index (χ2v) is 5.01. The lowest BCUT2D eigenvalue weighted by Crippen LogP contribution is -2.02. The lowest BCUT2D eigenvalue weighted by Gasteiger charge is -2.01. The quantitative estimate of drug-likeness (QED) is 0.801. The van der Waals surface area contributed by atoms with Crippen LogP contribution < -0.4 is 5.73 Å². The molecule has 3 aromatic rings. The van der Waals surface area contributed by atoms with Crippen molar-refractivity contribution in [3.63, 3.8) is 0 Å². The molecule has 0 aliphatic rings. The molecule has 0 saturated carbocycles. The lowest BCUT2D eigenvalue weighted by molar-refractivity contribution is 0.585. The van der Waals surface area contributed by atoms with Gasteiger partial charge in [-0.1, -0.05) is 0 Å². The molecular formula is C13H11F2N3S. The van der Waals surface area contributed by atoms with Crippen molar-refractivity contribution in [2.45, 2.75) is 6.42 Å². The van der Waals surface area contributed by atoms with Crippen LogP contribution in [0.5, 0.6) is 0 Å². The van der Waals surface area contributed by atoms with Gasteiger partial charge in [-0.3, -0.25) is 4.40 Å². The Bertz CT molecular complexity index is 733. The minimum atomic E-state index is -0.581. The topological polar surface area (TPSA) is 43.3 Å². The number of hydrogen-bond donors (Lipinski definition) is 1. The first kappa shape index (κ1) is 12.3. The van der Waals surface area contributed by atoms with Crippen molar-refractivity contribution in [1.29, 1.82) is 0 Å². The molecule has 0 unspecified atom stereocenters. The number of imidazole rings is 1. The Labute approximate surface area is 112 Å². The van der Waals surface area contributed by atoms with Gasteiger partial charge < -0.3 is 5.73 Å². The van der Waals surface area contributed by atoms with Crippen molar-refractivity contribution in [2.24, 2.45) is 5.73 Å². The number of thiazole rings is 1. The standard InChI is InChI=1S/C13H11F2N3S/c14-8-1-2-10(11(15)5-8)12-7-19-13-17-9(3-4-16)6-18(12)13/h1-2,5-7H,3-4,16H2. The Morgan fingerprint density at radius 2 is 2.16 bits per heavy atom. The molecule has 19 heavy (non-hydrogen) atoms. The highest BCUT2D eigenvalue weighted by molar-refractivity contribution is 7.15. The molecule has 3 rings (SSSR count). The highest BCUT2D eigenvalue weighted by atomic mass is 32.1. The van der Waals surface area contributed by atoms with Gasteiger partial charge in [0.1, 0.15) is 11.6 Å². The zero-order valence-electron chi connectivity index (χ0n) is 9.94. The van der Waals surface area contributed by atoms with Gasteiger partial charge in [0.15, 0.2) is 4.96 Å². The summed E-state index contributed by atoms with van der Waals surface area (Å²) < 4.78 is 28.6. The van der Waals surface area contributed by atoms with Crippen LogP contribution in [-0.2, 0) is 6.42 Å². The predicted molar refractivity (Wildman–Crippen MR) is 71.2 cm³/mol. The number of nitrogens with zero attached hydrogens (tertiary/aromatic N) is 2. The summed E-state index contributed by atoms with van der Waals surface area (Å²) in [5, 5.41) is 1.81. The molecular weight excluding hydrogens is 268 g/mol. The maximum atomic E-state index is 13.8. The van der Waals surface area contributed by atoms with E-state index in [1.807, 2.05) is 16.0 Å². The fourth-order valence-electron chi connectivity index (χ4n) is 1.99. The smallest absolute Gasteiger partial charge is 0.194 e. The molecule has 0 spiro atoms. The van der Waals surface area contributed by atoms with Crippen molar-refractivity contribution < 1.29 is 8.78 Å². The molecule has 0 saturated heterocycles. The maximum absolute atomic E-state index is 13.8. The minimum absolute atomic E-state index is 0.365. The van der Waals surface area contributed by atoms with Crippen LogP contribution in [0.3, 0.4) is 0 Å². The first-order valence-electron chi connectivity index (χ1n) is 5.80. The van der Waals surface area contributed by atoms with E-state index < -0.39 is 11.6 Å². The van der Waals surface area contributed by atoms with Crippen LogP contribution in [0, 0.1) is 11.6 Å². The van der Waals surface area contributed by atoms with Gasteiger partial charge in [0, 0.05) is 29.6 Å². The third-order valence-corrected chi connectivity index (χ3v) is 3.71. The first-order chi connectivity index (χ1) is 9.19. The largest absolute Gasteiger partial charge is 0.330 e. The summed E-state index contributed by atoms with van der Waals surface area (Å²) in [5.74, 6) is -1.16. The minimum Gasteiger partial charge on any atom is -0.330 e. The van der Waals surface area contributed by atoms with Gasteiger partial charge in [-0.25, -0.2) is 13.8 Å². The first-order valence-corrected chi connectivity index (χ1v) is 6.68. The SMILES string of the molecule is NCCc1cn2c(-c3ccc(F)cc3F)csc2n1.